The summed E-state index contributed by atoms with van der Waals surface area (Å²) in [7, 11) is -5.13. The van der Waals surface area contributed by atoms with Gasteiger partial charge in [-0.2, -0.15) is 0 Å². The second kappa shape index (κ2) is 17.0. The summed E-state index contributed by atoms with van der Waals surface area (Å²) < 4.78 is 21.3. The van der Waals surface area contributed by atoms with Gasteiger partial charge in [0, 0.05) is 0 Å². The van der Waals surface area contributed by atoms with E-state index < -0.39 is 25.0 Å². The van der Waals surface area contributed by atoms with Gasteiger partial charge in [0.05, 0.1) is 18.8 Å². The van der Waals surface area contributed by atoms with Crippen LogP contribution in [0.1, 0.15) is 94.9 Å². The Hall–Kier alpha value is 0.531. The van der Waals surface area contributed by atoms with Crippen molar-refractivity contribution >= 4 is 25.0 Å². The zero-order valence-electron chi connectivity index (χ0n) is 23.8. The van der Waals surface area contributed by atoms with Crippen LogP contribution >= 0.6 is 0 Å². The summed E-state index contributed by atoms with van der Waals surface area (Å²) in [6.07, 6.45) is 5.19. The molecule has 0 aliphatic rings. The van der Waals surface area contributed by atoms with Crippen LogP contribution in [0.2, 0.25) is 54.4 Å². The van der Waals surface area contributed by atoms with Crippen molar-refractivity contribution in [2.45, 2.75) is 162 Å². The molecule has 0 radical (unpaired) electrons. The maximum Gasteiger partial charge on any atom is 0.192 e. The summed E-state index contributed by atoms with van der Waals surface area (Å²) in [4.78, 5) is 0. The van der Waals surface area contributed by atoms with Gasteiger partial charge in [0.15, 0.2) is 25.0 Å². The lowest BCUT2D eigenvalue weighted by atomic mass is 10.1. The summed E-state index contributed by atoms with van der Waals surface area (Å²) in [5, 5.41) is 0. The number of hydrogen-bond acceptors (Lipinski definition) is 3. The minimum Gasteiger partial charge on any atom is -0.414 e. The van der Waals surface area contributed by atoms with Gasteiger partial charge in [0.2, 0.25) is 0 Å². The van der Waals surface area contributed by atoms with E-state index in [4.69, 9.17) is 13.3 Å². The van der Waals surface area contributed by atoms with Gasteiger partial charge < -0.3 is 13.3 Å². The van der Waals surface area contributed by atoms with Gasteiger partial charge in [-0.15, -0.1) is 0 Å². The lowest BCUT2D eigenvalue weighted by molar-refractivity contribution is 0.00175. The number of unbranched alkanes of at least 4 members (excludes halogenated alkanes) is 2. The van der Waals surface area contributed by atoms with E-state index in [1.165, 1.54) is 73.7 Å². The Morgan fingerprint density at radius 2 is 0.844 bits per heavy atom. The Morgan fingerprint density at radius 3 is 1.19 bits per heavy atom. The first-order chi connectivity index (χ1) is 15.3. The van der Waals surface area contributed by atoms with Crippen molar-refractivity contribution in [3.63, 3.8) is 0 Å². The van der Waals surface area contributed by atoms with Crippen LogP contribution in [-0.4, -0.2) is 43.8 Å². The Balaban J connectivity index is 6.05. The smallest absolute Gasteiger partial charge is 0.192 e. The van der Waals surface area contributed by atoms with Crippen molar-refractivity contribution < 1.29 is 13.3 Å². The van der Waals surface area contributed by atoms with Crippen LogP contribution in [0.5, 0.6) is 0 Å². The molecule has 6 heteroatoms. The Bertz CT molecular complexity index is 425. The number of rotatable bonds is 21. The molecule has 0 aliphatic carbocycles. The molecule has 32 heavy (non-hydrogen) atoms. The normalized spacial score (nSPS) is 15.2. The Kier molecular flexibility index (Phi) is 17.3. The predicted octanol–water partition coefficient (Wildman–Crippen LogP) is 9.37. The minimum atomic E-state index is -1.75. The standard InChI is InChI=1S/C26H60O3Si3/c1-11-21-22-23-25(28-31(15-5,16-6)17-7)26(29-32(18-8,19-9)20-10)24-27-30(12-2,13-3)14-4/h25-26H,11-24H2,1-10H3/t25-,26+/m0/s1. The van der Waals surface area contributed by atoms with Gasteiger partial charge in [-0.1, -0.05) is 88.5 Å². The first-order valence-electron chi connectivity index (χ1n) is 14.3. The predicted molar refractivity (Wildman–Crippen MR) is 151 cm³/mol. The highest BCUT2D eigenvalue weighted by Gasteiger charge is 2.41. The lowest BCUT2D eigenvalue weighted by Crippen LogP contribution is -2.52. The van der Waals surface area contributed by atoms with Crippen LogP contribution in [0.4, 0.5) is 0 Å². The summed E-state index contributed by atoms with van der Waals surface area (Å²) in [6.45, 7) is 24.1. The highest BCUT2D eigenvalue weighted by atomic mass is 28.4. The van der Waals surface area contributed by atoms with E-state index in [0.29, 0.717) is 0 Å². The zero-order valence-corrected chi connectivity index (χ0v) is 26.8. The average Bonchev–Trinajstić information content (AvgIpc) is 2.85. The van der Waals surface area contributed by atoms with Crippen LogP contribution in [-0.2, 0) is 13.3 Å². The summed E-state index contributed by atoms with van der Waals surface area (Å²) in [5.74, 6) is 0. The summed E-state index contributed by atoms with van der Waals surface area (Å²) in [5.41, 5.74) is 0. The van der Waals surface area contributed by atoms with Crippen LogP contribution in [0.15, 0.2) is 0 Å². The summed E-state index contributed by atoms with van der Waals surface area (Å²) >= 11 is 0. The molecule has 0 fully saturated rings. The highest BCUT2D eigenvalue weighted by Crippen LogP contribution is 2.32. The van der Waals surface area contributed by atoms with Gasteiger partial charge in [-0.05, 0) is 60.8 Å². The van der Waals surface area contributed by atoms with E-state index in [0.717, 1.165) is 13.0 Å². The fourth-order valence-corrected chi connectivity index (χ4v) is 13.5. The van der Waals surface area contributed by atoms with Gasteiger partial charge in [-0.3, -0.25) is 0 Å². The quantitative estimate of drug-likeness (QED) is 0.115. The largest absolute Gasteiger partial charge is 0.414 e. The molecule has 0 saturated heterocycles. The van der Waals surface area contributed by atoms with Crippen LogP contribution < -0.4 is 0 Å². The van der Waals surface area contributed by atoms with Crippen LogP contribution in [0.3, 0.4) is 0 Å². The SMILES string of the molecule is CCCCC[C@H](O[Si](CC)(CC)CC)[C@@H](CO[Si](CC)(CC)CC)O[Si](CC)(CC)CC. The van der Waals surface area contributed by atoms with Gasteiger partial charge in [-0.25, -0.2) is 0 Å². The monoisotopic (exact) mass is 504 g/mol. The molecule has 0 heterocycles. The molecule has 0 aromatic carbocycles. The van der Waals surface area contributed by atoms with Crippen molar-refractivity contribution in [1.29, 1.82) is 0 Å². The molecule has 0 amide bonds. The third-order valence-electron chi connectivity index (χ3n) is 8.66. The molecule has 0 unspecified atom stereocenters. The van der Waals surface area contributed by atoms with Gasteiger partial charge in [0.1, 0.15) is 0 Å². The number of hydrogen-bond donors (Lipinski definition) is 0. The second-order valence-electron chi connectivity index (χ2n) is 9.85. The van der Waals surface area contributed by atoms with E-state index in [1.807, 2.05) is 0 Å². The molecular weight excluding hydrogens is 445 g/mol. The minimum absolute atomic E-state index is 0.103. The van der Waals surface area contributed by atoms with E-state index in [1.54, 1.807) is 0 Å². The molecule has 0 aromatic heterocycles. The Labute approximate surface area is 206 Å². The third kappa shape index (κ3) is 9.65. The van der Waals surface area contributed by atoms with Crippen molar-refractivity contribution in [2.75, 3.05) is 6.61 Å². The lowest BCUT2D eigenvalue weighted by Gasteiger charge is -2.42. The molecule has 0 N–H and O–H groups in total. The van der Waals surface area contributed by atoms with Crippen molar-refractivity contribution in [3.05, 3.63) is 0 Å². The molecule has 0 aromatic rings. The highest BCUT2D eigenvalue weighted by molar-refractivity contribution is 6.74. The second-order valence-corrected chi connectivity index (χ2v) is 24.1. The molecule has 2 atom stereocenters. The molecule has 3 nitrogen and oxygen atoms in total. The molecule has 0 spiro atoms. The first kappa shape index (κ1) is 32.5. The van der Waals surface area contributed by atoms with Crippen molar-refractivity contribution in [2.24, 2.45) is 0 Å². The van der Waals surface area contributed by atoms with E-state index >= 15 is 0 Å². The molecule has 0 rings (SSSR count). The van der Waals surface area contributed by atoms with Crippen molar-refractivity contribution in [1.82, 2.24) is 0 Å². The molecule has 0 bridgehead atoms. The average molecular weight is 505 g/mol. The maximum absolute atomic E-state index is 7.22. The maximum atomic E-state index is 7.22. The molecule has 194 valence electrons. The fourth-order valence-electron chi connectivity index (χ4n) is 5.09. The Morgan fingerprint density at radius 1 is 0.469 bits per heavy atom. The summed E-state index contributed by atoms with van der Waals surface area (Å²) in [6, 6.07) is 10.8. The zero-order chi connectivity index (χ0) is 24.7. The van der Waals surface area contributed by atoms with Gasteiger partial charge >= 0.3 is 0 Å². The van der Waals surface area contributed by atoms with Crippen molar-refractivity contribution in [3.8, 4) is 0 Å². The van der Waals surface area contributed by atoms with Crippen LogP contribution in [0.25, 0.3) is 0 Å². The van der Waals surface area contributed by atoms with E-state index in [-0.39, 0.29) is 12.2 Å². The van der Waals surface area contributed by atoms with E-state index in [9.17, 15) is 0 Å². The molecule has 0 saturated carbocycles. The third-order valence-corrected chi connectivity index (χ3v) is 22.6. The first-order valence-corrected chi connectivity index (χ1v) is 21.9. The topological polar surface area (TPSA) is 27.7 Å². The van der Waals surface area contributed by atoms with Crippen LogP contribution in [0, 0.1) is 0 Å². The van der Waals surface area contributed by atoms with Gasteiger partial charge in [0.25, 0.3) is 0 Å². The molecular formula is C26H60O3Si3. The molecule has 0 aliphatic heterocycles. The fraction of sp³-hybridized carbons (Fsp3) is 1.00. The van der Waals surface area contributed by atoms with E-state index in [2.05, 4.69) is 69.2 Å².